The molecule has 4 heterocycles. The van der Waals surface area contributed by atoms with Gasteiger partial charge in [-0.2, -0.15) is 4.98 Å². The van der Waals surface area contributed by atoms with Crippen LogP contribution in [0.15, 0.2) is 12.4 Å². The molecule has 0 radical (unpaired) electrons. The minimum Gasteiger partial charge on any atom is -0.444 e. The first kappa shape index (κ1) is 24.5. The first-order chi connectivity index (χ1) is 15.9. The summed E-state index contributed by atoms with van der Waals surface area (Å²) in [7, 11) is 0. The normalized spacial score (nSPS) is 29.6. The van der Waals surface area contributed by atoms with Gasteiger partial charge in [0.05, 0.1) is 17.5 Å². The quantitative estimate of drug-likeness (QED) is 0.338. The predicted octanol–water partition coefficient (Wildman–Crippen LogP) is 5.42. The minimum absolute atomic E-state index is 0.00509. The van der Waals surface area contributed by atoms with E-state index in [0.29, 0.717) is 24.9 Å². The Bertz CT molecular complexity index is 1090. The molecule has 2 aromatic rings. The Hall–Kier alpha value is -1.17. The van der Waals surface area contributed by atoms with Crippen LogP contribution in [0.3, 0.4) is 0 Å². The van der Waals surface area contributed by atoms with E-state index < -0.39 is 11.4 Å². The number of halogens is 2. The van der Waals surface area contributed by atoms with Crippen molar-refractivity contribution in [1.82, 2.24) is 19.4 Å². The molecule has 2 aliphatic heterocycles. The second-order valence-corrected chi connectivity index (χ2v) is 12.6. The summed E-state index contributed by atoms with van der Waals surface area (Å²) in [4.78, 5) is 23.1. The molecule has 2 saturated heterocycles. The lowest BCUT2D eigenvalue weighted by Crippen LogP contribution is -2.44. The third kappa shape index (κ3) is 4.65. The van der Waals surface area contributed by atoms with Crippen LogP contribution in [-0.4, -0.2) is 62.2 Å². The fourth-order valence-electron chi connectivity index (χ4n) is 5.79. The minimum atomic E-state index is -0.633. The number of ether oxygens (including phenoxy) is 3. The molecule has 34 heavy (non-hydrogen) atoms. The summed E-state index contributed by atoms with van der Waals surface area (Å²) in [6.07, 6.45) is 6.43. The van der Waals surface area contributed by atoms with Gasteiger partial charge in [-0.05, 0) is 99.9 Å². The summed E-state index contributed by atoms with van der Waals surface area (Å²) in [6, 6.07) is 0.0950. The van der Waals surface area contributed by atoms with Gasteiger partial charge in [0.25, 0.3) is 0 Å². The number of carbonyl (C=O) groups is 1. The smallest absolute Gasteiger partial charge is 0.410 e. The largest absolute Gasteiger partial charge is 0.444 e. The first-order valence-electron chi connectivity index (χ1n) is 11.9. The van der Waals surface area contributed by atoms with E-state index in [0.717, 1.165) is 33.9 Å². The average Bonchev–Trinajstić information content (AvgIpc) is 3.34. The molecule has 3 fully saturated rings. The molecule has 8 nitrogen and oxygen atoms in total. The standard InChI is InChI=1S/C24H32ClIN4O4/c1-23(2,3)34-22(31)29-8-6-13(7-9-29)14-10-17(19-18(14)32-24(4,5)33-19)30-12-16(26)15-11-27-21(25)28-20(15)30/h11-14,17-19H,6-10H2,1-5H3/t14-,17+,18-,19+/m1/s1. The number of hydrogen-bond donors (Lipinski definition) is 0. The van der Waals surface area contributed by atoms with E-state index in [1.54, 1.807) is 6.20 Å². The van der Waals surface area contributed by atoms with Gasteiger partial charge in [0.15, 0.2) is 5.79 Å². The second-order valence-electron chi connectivity index (χ2n) is 11.1. The zero-order valence-electron chi connectivity index (χ0n) is 20.3. The molecule has 10 heteroatoms. The van der Waals surface area contributed by atoms with Crippen molar-refractivity contribution in [2.75, 3.05) is 13.1 Å². The van der Waals surface area contributed by atoms with E-state index in [9.17, 15) is 4.79 Å². The summed E-state index contributed by atoms with van der Waals surface area (Å²) >= 11 is 8.48. The molecule has 1 amide bonds. The van der Waals surface area contributed by atoms with Crippen molar-refractivity contribution in [1.29, 1.82) is 0 Å². The zero-order valence-corrected chi connectivity index (χ0v) is 23.2. The van der Waals surface area contributed by atoms with E-state index in [1.807, 2.05) is 39.5 Å². The first-order valence-corrected chi connectivity index (χ1v) is 13.4. The molecule has 3 aliphatic rings. The maximum Gasteiger partial charge on any atom is 0.410 e. The predicted molar refractivity (Wildman–Crippen MR) is 137 cm³/mol. The Balaban J connectivity index is 1.37. The number of nitrogens with zero attached hydrogens (tertiary/aromatic N) is 4. The molecular formula is C24H32ClIN4O4. The highest BCUT2D eigenvalue weighted by Crippen LogP contribution is 2.51. The third-order valence-electron chi connectivity index (χ3n) is 7.13. The van der Waals surface area contributed by atoms with Crippen LogP contribution in [0.1, 0.15) is 59.9 Å². The summed E-state index contributed by atoms with van der Waals surface area (Å²) in [6.45, 7) is 11.1. The average molecular weight is 603 g/mol. The fourth-order valence-corrected chi connectivity index (χ4v) is 6.59. The van der Waals surface area contributed by atoms with Crippen LogP contribution in [0.2, 0.25) is 5.28 Å². The van der Waals surface area contributed by atoms with Gasteiger partial charge >= 0.3 is 6.09 Å². The summed E-state index contributed by atoms with van der Waals surface area (Å²) in [5.74, 6) is 0.157. The molecule has 186 valence electrons. The Morgan fingerprint density at radius 3 is 2.59 bits per heavy atom. The number of aromatic nitrogens is 3. The van der Waals surface area contributed by atoms with E-state index in [-0.39, 0.29) is 29.6 Å². The molecule has 2 aromatic heterocycles. The maximum absolute atomic E-state index is 12.5. The topological polar surface area (TPSA) is 78.7 Å². The van der Waals surface area contributed by atoms with E-state index >= 15 is 0 Å². The number of amides is 1. The Labute approximate surface area is 218 Å². The zero-order chi connectivity index (χ0) is 24.4. The van der Waals surface area contributed by atoms with Crippen LogP contribution in [0, 0.1) is 15.4 Å². The Morgan fingerprint density at radius 2 is 1.91 bits per heavy atom. The number of fused-ring (bicyclic) bond motifs is 2. The molecule has 1 saturated carbocycles. The highest BCUT2D eigenvalue weighted by Gasteiger charge is 2.56. The lowest BCUT2D eigenvalue weighted by Gasteiger charge is -2.37. The van der Waals surface area contributed by atoms with Crippen molar-refractivity contribution in [2.45, 2.75) is 83.5 Å². The van der Waals surface area contributed by atoms with Crippen molar-refractivity contribution in [3.63, 3.8) is 0 Å². The number of carbonyl (C=O) groups excluding carboxylic acids is 1. The van der Waals surface area contributed by atoms with Gasteiger partial charge in [-0.15, -0.1) is 0 Å². The SMILES string of the molecule is CC(C)(C)OC(=O)N1CCC([C@H]2C[C@H](n3cc(I)c4cnc(Cl)nc43)[C@@H]3OC(C)(C)O[C@@H]32)CC1. The van der Waals surface area contributed by atoms with E-state index in [1.165, 1.54) is 0 Å². The molecule has 0 spiro atoms. The van der Waals surface area contributed by atoms with Crippen LogP contribution >= 0.6 is 34.2 Å². The fraction of sp³-hybridized carbons (Fsp3) is 0.708. The van der Waals surface area contributed by atoms with Crippen LogP contribution in [0.5, 0.6) is 0 Å². The van der Waals surface area contributed by atoms with Gasteiger partial charge in [-0.1, -0.05) is 0 Å². The lowest BCUT2D eigenvalue weighted by molar-refractivity contribution is -0.163. The van der Waals surface area contributed by atoms with Gasteiger partial charge in [0, 0.05) is 29.1 Å². The van der Waals surface area contributed by atoms with Gasteiger partial charge < -0.3 is 23.7 Å². The molecular weight excluding hydrogens is 571 g/mol. The van der Waals surface area contributed by atoms with Crippen LogP contribution in [-0.2, 0) is 14.2 Å². The monoisotopic (exact) mass is 602 g/mol. The van der Waals surface area contributed by atoms with Gasteiger partial charge in [-0.3, -0.25) is 0 Å². The summed E-state index contributed by atoms with van der Waals surface area (Å²) in [5.41, 5.74) is 0.353. The van der Waals surface area contributed by atoms with Crippen LogP contribution in [0.4, 0.5) is 4.79 Å². The molecule has 1 aliphatic carbocycles. The lowest BCUT2D eigenvalue weighted by atomic mass is 9.82. The summed E-state index contributed by atoms with van der Waals surface area (Å²) < 4.78 is 21.8. The molecule has 0 unspecified atom stereocenters. The van der Waals surface area contributed by atoms with Crippen LogP contribution in [0.25, 0.3) is 11.0 Å². The van der Waals surface area contributed by atoms with Gasteiger partial charge in [0.1, 0.15) is 17.4 Å². The van der Waals surface area contributed by atoms with E-state index in [4.69, 9.17) is 25.8 Å². The molecule has 0 N–H and O–H groups in total. The second kappa shape index (κ2) is 8.74. The third-order valence-corrected chi connectivity index (χ3v) is 8.17. The molecule has 5 rings (SSSR count). The number of likely N-dealkylation sites (tertiary alicyclic amines) is 1. The number of hydrogen-bond acceptors (Lipinski definition) is 6. The van der Waals surface area contributed by atoms with Crippen molar-refractivity contribution in [2.24, 2.45) is 11.8 Å². The highest BCUT2D eigenvalue weighted by atomic mass is 127. The van der Waals surface area contributed by atoms with Gasteiger partial charge in [-0.25, -0.2) is 9.78 Å². The maximum atomic E-state index is 12.5. The number of piperidine rings is 1. The van der Waals surface area contributed by atoms with Gasteiger partial charge in [0.2, 0.25) is 5.28 Å². The Kier molecular flexibility index (Phi) is 6.30. The molecule has 0 bridgehead atoms. The highest BCUT2D eigenvalue weighted by molar-refractivity contribution is 14.1. The van der Waals surface area contributed by atoms with Crippen molar-refractivity contribution in [3.8, 4) is 0 Å². The van der Waals surface area contributed by atoms with Crippen LogP contribution < -0.4 is 0 Å². The van der Waals surface area contributed by atoms with Crippen molar-refractivity contribution < 1.29 is 19.0 Å². The summed E-state index contributed by atoms with van der Waals surface area (Å²) in [5, 5.41) is 1.24. The van der Waals surface area contributed by atoms with Crippen molar-refractivity contribution >= 4 is 51.3 Å². The molecule has 4 atom stereocenters. The molecule has 0 aromatic carbocycles. The number of rotatable bonds is 2. The Morgan fingerprint density at radius 1 is 1.24 bits per heavy atom. The van der Waals surface area contributed by atoms with Crippen molar-refractivity contribution in [3.05, 3.63) is 21.2 Å². The van der Waals surface area contributed by atoms with E-state index in [2.05, 4.69) is 43.3 Å².